The zero-order chi connectivity index (χ0) is 17.5. The lowest BCUT2D eigenvalue weighted by Gasteiger charge is -2.53. The van der Waals surface area contributed by atoms with Gasteiger partial charge < -0.3 is 56.1 Å². The van der Waals surface area contributed by atoms with E-state index < -0.39 is 73.9 Å². The molecule has 0 spiro atoms. The van der Waals surface area contributed by atoms with Crippen LogP contribution in [0.3, 0.4) is 0 Å². The number of rotatable bonds is 3. The van der Waals surface area contributed by atoms with Crippen molar-refractivity contribution in [2.75, 3.05) is 13.2 Å². The van der Waals surface area contributed by atoms with Crippen molar-refractivity contribution in [3.8, 4) is 0 Å². The maximum absolute atomic E-state index is 10.7. The normalized spacial score (nSPS) is 54.9. The molecule has 11 nitrogen and oxygen atoms in total. The number of ether oxygens (including phenoxy) is 2. The predicted molar refractivity (Wildman–Crippen MR) is 70.7 cm³/mol. The third kappa shape index (κ3) is 2.99. The molecule has 0 aliphatic carbocycles. The van der Waals surface area contributed by atoms with Gasteiger partial charge in [0.05, 0.1) is 19.3 Å². The van der Waals surface area contributed by atoms with Crippen LogP contribution in [0, 0.1) is 0 Å². The van der Waals surface area contributed by atoms with E-state index in [4.69, 9.17) is 20.3 Å². The summed E-state index contributed by atoms with van der Waals surface area (Å²) < 4.78 is 10.3. The highest BCUT2D eigenvalue weighted by molar-refractivity contribution is 5.07. The maximum Gasteiger partial charge on any atom is 0.213 e. The van der Waals surface area contributed by atoms with Crippen molar-refractivity contribution in [2.24, 2.45) is 5.73 Å². The lowest BCUT2D eigenvalue weighted by Crippen LogP contribution is -2.77. The third-order valence-electron chi connectivity index (χ3n) is 4.40. The van der Waals surface area contributed by atoms with Gasteiger partial charge in [-0.1, -0.05) is 0 Å². The molecule has 0 aromatic carbocycles. The monoisotopic (exact) mass is 341 g/mol. The van der Waals surface area contributed by atoms with Crippen molar-refractivity contribution >= 4 is 0 Å². The molecule has 23 heavy (non-hydrogen) atoms. The van der Waals surface area contributed by atoms with Crippen LogP contribution in [0.25, 0.3) is 0 Å². The van der Waals surface area contributed by atoms with E-state index >= 15 is 0 Å². The number of hydrogen-bond acceptors (Lipinski definition) is 11. The molecule has 10 N–H and O–H groups in total. The molecule has 1 unspecified atom stereocenters. The van der Waals surface area contributed by atoms with E-state index in [2.05, 4.69) is 0 Å². The first-order valence-corrected chi connectivity index (χ1v) is 7.12. The van der Waals surface area contributed by atoms with Gasteiger partial charge in [0.1, 0.15) is 48.8 Å². The second kappa shape index (κ2) is 6.82. The number of aliphatic hydroxyl groups is 8. The Kier molecular flexibility index (Phi) is 5.60. The SMILES string of the molecule is N[C@@H]1[C@@H](O)[C@@H](O)[C@@H](CO)OC1(O)[C@H]1O[C@H](CO)[C@@H](O)[C@H](O)[C@@H]1O. The number of hydrogen-bond donors (Lipinski definition) is 9. The standard InChI is InChI=1S/C12H23NO10/c13-10-8(19)6(17)4(2-15)23-12(10,21)11-9(20)7(18)5(16)3(1-14)22-11/h3-11,14-21H,1-2,13H2/t3-,4-,5-,6+,7+,8+,9+,10-,11+,12?/m1/s1. The highest BCUT2D eigenvalue weighted by Gasteiger charge is 2.61. The smallest absolute Gasteiger partial charge is 0.213 e. The Morgan fingerprint density at radius 2 is 1.30 bits per heavy atom. The molecule has 0 aromatic rings. The molecule has 136 valence electrons. The van der Waals surface area contributed by atoms with Crippen LogP contribution in [0.15, 0.2) is 0 Å². The summed E-state index contributed by atoms with van der Waals surface area (Å²) in [7, 11) is 0. The molecule has 0 radical (unpaired) electrons. The summed E-state index contributed by atoms with van der Waals surface area (Å²) in [4.78, 5) is 0. The quantitative estimate of drug-likeness (QED) is 0.236. The van der Waals surface area contributed by atoms with Crippen molar-refractivity contribution < 1.29 is 50.3 Å². The Hall–Kier alpha value is -0.440. The van der Waals surface area contributed by atoms with Gasteiger partial charge in [0.2, 0.25) is 5.79 Å². The first-order valence-electron chi connectivity index (χ1n) is 7.12. The van der Waals surface area contributed by atoms with Crippen LogP contribution in [-0.4, -0.2) is 115 Å². The Morgan fingerprint density at radius 3 is 1.83 bits per heavy atom. The molecule has 0 saturated carbocycles. The van der Waals surface area contributed by atoms with Crippen LogP contribution in [0.4, 0.5) is 0 Å². The second-order valence-corrected chi connectivity index (χ2v) is 5.85. The first-order chi connectivity index (χ1) is 10.7. The van der Waals surface area contributed by atoms with E-state index in [1.807, 2.05) is 0 Å². The zero-order valence-electron chi connectivity index (χ0n) is 12.1. The maximum atomic E-state index is 10.7. The van der Waals surface area contributed by atoms with Gasteiger partial charge >= 0.3 is 0 Å². The minimum Gasteiger partial charge on any atom is -0.394 e. The predicted octanol–water partition coefficient (Wildman–Crippen LogP) is -6.04. The van der Waals surface area contributed by atoms with E-state index in [0.717, 1.165) is 0 Å². The molecule has 2 rings (SSSR count). The average molecular weight is 341 g/mol. The van der Waals surface area contributed by atoms with Gasteiger partial charge in [0.15, 0.2) is 0 Å². The number of nitrogens with two attached hydrogens (primary N) is 1. The Balaban J connectivity index is 2.33. The summed E-state index contributed by atoms with van der Waals surface area (Å²) in [6.45, 7) is -1.51. The molecular weight excluding hydrogens is 318 g/mol. The molecule has 2 aliphatic rings. The van der Waals surface area contributed by atoms with Crippen molar-refractivity contribution in [1.29, 1.82) is 0 Å². The molecule has 10 atom stereocenters. The molecule has 0 bridgehead atoms. The lowest BCUT2D eigenvalue weighted by molar-refractivity contribution is -0.382. The summed E-state index contributed by atoms with van der Waals surface area (Å²) in [5.41, 5.74) is 5.66. The molecule has 2 saturated heterocycles. The van der Waals surface area contributed by atoms with E-state index in [-0.39, 0.29) is 0 Å². The van der Waals surface area contributed by atoms with Crippen molar-refractivity contribution in [2.45, 2.75) is 60.7 Å². The largest absolute Gasteiger partial charge is 0.394 e. The van der Waals surface area contributed by atoms with Gasteiger partial charge in [-0.05, 0) is 0 Å². The van der Waals surface area contributed by atoms with Gasteiger partial charge in [0, 0.05) is 0 Å². The van der Waals surface area contributed by atoms with Gasteiger partial charge in [-0.15, -0.1) is 0 Å². The summed E-state index contributed by atoms with van der Waals surface area (Å²) in [5, 5.41) is 78.2. The molecule has 11 heteroatoms. The van der Waals surface area contributed by atoms with E-state index in [0.29, 0.717) is 0 Å². The molecule has 2 fully saturated rings. The molecule has 0 amide bonds. The van der Waals surface area contributed by atoms with Crippen molar-refractivity contribution in [1.82, 2.24) is 0 Å². The van der Waals surface area contributed by atoms with Crippen molar-refractivity contribution in [3.05, 3.63) is 0 Å². The molecule has 2 heterocycles. The van der Waals surface area contributed by atoms with E-state index in [9.17, 15) is 35.7 Å². The highest BCUT2D eigenvalue weighted by Crippen LogP contribution is 2.36. The van der Waals surface area contributed by atoms with Crippen LogP contribution < -0.4 is 5.73 Å². The minimum absolute atomic E-state index is 0.735. The zero-order valence-corrected chi connectivity index (χ0v) is 12.1. The summed E-state index contributed by atoms with van der Waals surface area (Å²) in [6, 6.07) is -1.67. The fourth-order valence-electron chi connectivity index (χ4n) is 2.91. The van der Waals surface area contributed by atoms with Gasteiger partial charge in [-0.25, -0.2) is 0 Å². The molecule has 0 aromatic heterocycles. The molecular formula is C12H23NO10. The highest BCUT2D eigenvalue weighted by atomic mass is 16.7. The summed E-state index contributed by atoms with van der Waals surface area (Å²) in [6.07, 6.45) is -13.1. The van der Waals surface area contributed by atoms with Gasteiger partial charge in [0.25, 0.3) is 0 Å². The Labute approximate surface area is 131 Å². The van der Waals surface area contributed by atoms with Gasteiger partial charge in [-0.2, -0.15) is 0 Å². The van der Waals surface area contributed by atoms with Crippen molar-refractivity contribution in [3.63, 3.8) is 0 Å². The Bertz CT molecular complexity index is 409. The summed E-state index contributed by atoms with van der Waals surface area (Å²) in [5.74, 6) is -2.60. The van der Waals surface area contributed by atoms with Crippen LogP contribution in [0.5, 0.6) is 0 Å². The summed E-state index contributed by atoms with van der Waals surface area (Å²) >= 11 is 0. The second-order valence-electron chi connectivity index (χ2n) is 5.85. The topological polar surface area (TPSA) is 206 Å². The average Bonchev–Trinajstić information content (AvgIpc) is 2.54. The lowest BCUT2D eigenvalue weighted by atomic mass is 9.82. The van der Waals surface area contributed by atoms with Crippen LogP contribution in [-0.2, 0) is 9.47 Å². The van der Waals surface area contributed by atoms with Crippen LogP contribution in [0.2, 0.25) is 0 Å². The van der Waals surface area contributed by atoms with Crippen LogP contribution in [0.1, 0.15) is 0 Å². The van der Waals surface area contributed by atoms with E-state index in [1.54, 1.807) is 0 Å². The third-order valence-corrected chi connectivity index (χ3v) is 4.40. The Morgan fingerprint density at radius 1 is 0.783 bits per heavy atom. The fourth-order valence-corrected chi connectivity index (χ4v) is 2.91. The minimum atomic E-state index is -2.60. The number of aliphatic hydroxyl groups excluding tert-OH is 7. The van der Waals surface area contributed by atoms with E-state index in [1.165, 1.54) is 0 Å². The fraction of sp³-hybridized carbons (Fsp3) is 1.00. The first kappa shape index (κ1) is 18.9. The van der Waals surface area contributed by atoms with Gasteiger partial charge in [-0.3, -0.25) is 0 Å². The molecule has 2 aliphatic heterocycles. The van der Waals surface area contributed by atoms with Crippen LogP contribution >= 0.6 is 0 Å².